The van der Waals surface area contributed by atoms with E-state index in [2.05, 4.69) is 31.2 Å². The zero-order valence-corrected chi connectivity index (χ0v) is 10.5. The molecule has 2 aromatic heterocycles. The minimum Gasteiger partial charge on any atom is -0.419 e. The number of nitrogens with zero attached hydrogens (tertiary/aromatic N) is 4. The van der Waals surface area contributed by atoms with Gasteiger partial charge in [0.1, 0.15) is 0 Å². The van der Waals surface area contributed by atoms with Crippen LogP contribution in [0.3, 0.4) is 0 Å². The van der Waals surface area contributed by atoms with Gasteiger partial charge in [0.25, 0.3) is 0 Å². The Morgan fingerprint density at radius 2 is 2.06 bits per heavy atom. The smallest absolute Gasteiger partial charge is 0.419 e. The summed E-state index contributed by atoms with van der Waals surface area (Å²) >= 11 is 3.15. The van der Waals surface area contributed by atoms with Gasteiger partial charge in [-0.3, -0.25) is 0 Å². The maximum Gasteiger partial charge on any atom is 0.435 e. The Morgan fingerprint density at radius 3 is 2.61 bits per heavy atom. The van der Waals surface area contributed by atoms with Gasteiger partial charge in [-0.2, -0.15) is 23.4 Å². The Hall–Kier alpha value is -1.64. The van der Waals surface area contributed by atoms with Crippen molar-refractivity contribution in [2.45, 2.75) is 6.18 Å². The number of hydrogen-bond donors (Lipinski definition) is 0. The Labute approximate surface area is 108 Å². The summed E-state index contributed by atoms with van der Waals surface area (Å²) in [4.78, 5) is 0. The molecule has 0 atom stereocenters. The molecule has 0 aromatic carbocycles. The summed E-state index contributed by atoms with van der Waals surface area (Å²) in [5.41, 5.74) is -1.03. The second-order valence-corrected chi connectivity index (χ2v) is 4.22. The molecule has 2 rings (SSSR count). The van der Waals surface area contributed by atoms with Crippen molar-refractivity contribution in [2.75, 3.05) is 0 Å². The molecule has 0 aliphatic carbocycles. The van der Waals surface area contributed by atoms with Gasteiger partial charge in [0, 0.05) is 23.7 Å². The van der Waals surface area contributed by atoms with E-state index in [1.165, 1.54) is 19.3 Å². The molecule has 9 heteroatoms. The topological polar surface area (TPSA) is 52.8 Å². The van der Waals surface area contributed by atoms with Gasteiger partial charge < -0.3 is 4.74 Å². The van der Waals surface area contributed by atoms with E-state index in [0.717, 1.165) is 10.7 Å². The van der Waals surface area contributed by atoms with Crippen molar-refractivity contribution >= 4 is 15.9 Å². The molecule has 96 valence electrons. The van der Waals surface area contributed by atoms with Crippen LogP contribution in [0.4, 0.5) is 13.2 Å². The fourth-order valence-corrected chi connectivity index (χ4v) is 1.45. The average molecular weight is 323 g/mol. The quantitative estimate of drug-likeness (QED) is 0.853. The Balaban J connectivity index is 2.27. The van der Waals surface area contributed by atoms with E-state index in [4.69, 9.17) is 4.74 Å². The number of rotatable bonds is 2. The molecule has 5 nitrogen and oxygen atoms in total. The van der Waals surface area contributed by atoms with E-state index in [0.29, 0.717) is 4.47 Å². The number of aromatic nitrogens is 4. The summed E-state index contributed by atoms with van der Waals surface area (Å²) in [6, 6.07) is 2.27. The highest BCUT2D eigenvalue weighted by Gasteiger charge is 2.35. The van der Waals surface area contributed by atoms with Crippen LogP contribution in [0.5, 0.6) is 11.8 Å². The van der Waals surface area contributed by atoms with E-state index in [1.807, 2.05) is 0 Å². The lowest BCUT2D eigenvalue weighted by atomic mass is 10.4. The molecule has 0 unspecified atom stereocenters. The SMILES string of the molecule is Cn1nc(C(F)(F)F)cc1Oc1cc(Br)cnn1. The van der Waals surface area contributed by atoms with Crippen molar-refractivity contribution in [2.24, 2.45) is 7.05 Å². The van der Waals surface area contributed by atoms with Crippen molar-refractivity contribution in [3.05, 3.63) is 28.5 Å². The normalized spacial score (nSPS) is 11.6. The Kier molecular flexibility index (Phi) is 3.24. The summed E-state index contributed by atoms with van der Waals surface area (Å²) in [6.45, 7) is 0. The van der Waals surface area contributed by atoms with Crippen LogP contribution >= 0.6 is 15.9 Å². The number of halogens is 4. The molecule has 2 heterocycles. The van der Waals surface area contributed by atoms with Crippen molar-refractivity contribution in [1.82, 2.24) is 20.0 Å². The second kappa shape index (κ2) is 4.56. The summed E-state index contributed by atoms with van der Waals surface area (Å²) in [6.07, 6.45) is -3.08. The maximum atomic E-state index is 12.4. The highest BCUT2D eigenvalue weighted by Crippen LogP contribution is 2.31. The predicted octanol–water partition coefficient (Wildman–Crippen LogP) is 2.78. The zero-order chi connectivity index (χ0) is 13.3. The molecule has 0 saturated carbocycles. The van der Waals surface area contributed by atoms with Crippen LogP contribution in [-0.4, -0.2) is 20.0 Å². The van der Waals surface area contributed by atoms with E-state index in [9.17, 15) is 13.2 Å². The van der Waals surface area contributed by atoms with Gasteiger partial charge in [0.2, 0.25) is 11.8 Å². The Bertz CT molecular complexity index is 569. The van der Waals surface area contributed by atoms with E-state index < -0.39 is 11.9 Å². The third kappa shape index (κ3) is 2.78. The number of alkyl halides is 3. The Morgan fingerprint density at radius 1 is 1.33 bits per heavy atom. The van der Waals surface area contributed by atoms with Gasteiger partial charge in [-0.25, -0.2) is 4.68 Å². The van der Waals surface area contributed by atoms with E-state index in [1.54, 1.807) is 0 Å². The monoisotopic (exact) mass is 322 g/mol. The first-order valence-electron chi connectivity index (χ1n) is 4.63. The number of hydrogen-bond acceptors (Lipinski definition) is 4. The molecule has 0 radical (unpaired) electrons. The van der Waals surface area contributed by atoms with Gasteiger partial charge in [-0.1, -0.05) is 0 Å². The second-order valence-electron chi connectivity index (χ2n) is 3.30. The van der Waals surface area contributed by atoms with Crippen LogP contribution < -0.4 is 4.74 Å². The molecular formula is C9H6BrF3N4O. The molecule has 0 amide bonds. The van der Waals surface area contributed by atoms with E-state index >= 15 is 0 Å². The minimum atomic E-state index is -4.51. The zero-order valence-electron chi connectivity index (χ0n) is 8.94. The van der Waals surface area contributed by atoms with Gasteiger partial charge >= 0.3 is 6.18 Å². The lowest BCUT2D eigenvalue weighted by Crippen LogP contribution is -2.06. The third-order valence-electron chi connectivity index (χ3n) is 1.94. The standard InChI is InChI=1S/C9H6BrF3N4O/c1-17-8(3-6(16-17)9(11,12)13)18-7-2-5(10)4-14-15-7/h2-4H,1H3. The molecule has 0 N–H and O–H groups in total. The molecule has 0 fully saturated rings. The minimum absolute atomic E-state index is 0.0705. The van der Waals surface area contributed by atoms with E-state index in [-0.39, 0.29) is 11.8 Å². The first kappa shape index (κ1) is 12.8. The van der Waals surface area contributed by atoms with Crippen molar-refractivity contribution in [3.63, 3.8) is 0 Å². The van der Waals surface area contributed by atoms with Crippen LogP contribution in [0.15, 0.2) is 22.8 Å². The lowest BCUT2D eigenvalue weighted by molar-refractivity contribution is -0.141. The molecule has 18 heavy (non-hydrogen) atoms. The van der Waals surface area contributed by atoms with Gasteiger partial charge in [-0.15, -0.1) is 5.10 Å². The largest absolute Gasteiger partial charge is 0.435 e. The summed E-state index contributed by atoms with van der Waals surface area (Å²) < 4.78 is 44.0. The van der Waals surface area contributed by atoms with Crippen molar-refractivity contribution < 1.29 is 17.9 Å². The van der Waals surface area contributed by atoms with Crippen molar-refractivity contribution in [1.29, 1.82) is 0 Å². The molecule has 0 aliphatic heterocycles. The van der Waals surface area contributed by atoms with Gasteiger partial charge in [0.15, 0.2) is 5.69 Å². The molecular weight excluding hydrogens is 317 g/mol. The van der Waals surface area contributed by atoms with Crippen LogP contribution in [0.25, 0.3) is 0 Å². The summed E-state index contributed by atoms with van der Waals surface area (Å²) in [5.74, 6) is -0.00387. The highest BCUT2D eigenvalue weighted by atomic mass is 79.9. The highest BCUT2D eigenvalue weighted by molar-refractivity contribution is 9.10. The summed E-state index contributed by atoms with van der Waals surface area (Å²) in [5, 5.41) is 10.5. The van der Waals surface area contributed by atoms with Gasteiger partial charge in [-0.05, 0) is 15.9 Å². The molecule has 0 saturated heterocycles. The van der Waals surface area contributed by atoms with Crippen LogP contribution in [0.1, 0.15) is 5.69 Å². The first-order valence-corrected chi connectivity index (χ1v) is 5.43. The number of aryl methyl sites for hydroxylation is 1. The maximum absolute atomic E-state index is 12.4. The first-order chi connectivity index (χ1) is 8.36. The summed E-state index contributed by atoms with van der Waals surface area (Å²) in [7, 11) is 1.34. The third-order valence-corrected chi connectivity index (χ3v) is 2.37. The van der Waals surface area contributed by atoms with Crippen LogP contribution in [0.2, 0.25) is 0 Å². The van der Waals surface area contributed by atoms with Crippen LogP contribution in [-0.2, 0) is 13.2 Å². The fraction of sp³-hybridized carbons (Fsp3) is 0.222. The molecule has 0 bridgehead atoms. The lowest BCUT2D eigenvalue weighted by Gasteiger charge is -2.02. The number of ether oxygens (including phenoxy) is 1. The molecule has 0 aliphatic rings. The average Bonchev–Trinajstić information content (AvgIpc) is 2.60. The molecule has 2 aromatic rings. The van der Waals surface area contributed by atoms with Crippen molar-refractivity contribution in [3.8, 4) is 11.8 Å². The van der Waals surface area contributed by atoms with Gasteiger partial charge in [0.05, 0.1) is 6.20 Å². The molecule has 0 spiro atoms. The predicted molar refractivity (Wildman–Crippen MR) is 58.0 cm³/mol. The van der Waals surface area contributed by atoms with Crippen LogP contribution in [0, 0.1) is 0 Å². The fourth-order valence-electron chi connectivity index (χ4n) is 1.17.